The van der Waals surface area contributed by atoms with E-state index in [1.54, 1.807) is 24.3 Å². The van der Waals surface area contributed by atoms with Crippen LogP contribution in [0.2, 0.25) is 0 Å². The van der Waals surface area contributed by atoms with Crippen LogP contribution in [0.5, 0.6) is 0 Å². The number of sulfonamides is 1. The van der Waals surface area contributed by atoms with Gasteiger partial charge >= 0.3 is 0 Å². The van der Waals surface area contributed by atoms with Crippen LogP contribution in [-0.4, -0.2) is 14.3 Å². The lowest BCUT2D eigenvalue weighted by molar-refractivity contribution is 0.598. The minimum atomic E-state index is -3.65. The van der Waals surface area contributed by atoms with Gasteiger partial charge in [0, 0.05) is 12.1 Å². The molecule has 1 N–H and O–H groups in total. The van der Waals surface area contributed by atoms with Crippen molar-refractivity contribution in [3.8, 4) is 0 Å². The molecule has 0 unspecified atom stereocenters. The van der Waals surface area contributed by atoms with Gasteiger partial charge in [0.1, 0.15) is 5.84 Å². The molecule has 0 aromatic heterocycles. The molecule has 0 bridgehead atoms. The molecule has 0 fully saturated rings. The van der Waals surface area contributed by atoms with E-state index in [1.165, 1.54) is 5.56 Å². The van der Waals surface area contributed by atoms with Crippen LogP contribution in [0.15, 0.2) is 57.8 Å². The molecule has 2 aromatic rings. The summed E-state index contributed by atoms with van der Waals surface area (Å²) in [6, 6.07) is 14.6. The Hall–Kier alpha value is -2.14. The van der Waals surface area contributed by atoms with Crippen LogP contribution in [-0.2, 0) is 16.4 Å². The SMILES string of the molecule is Cc1ccc(S(=O)(=O)/N=C2/CCc3ccccc3N2)cc1. The van der Waals surface area contributed by atoms with Gasteiger partial charge in [-0.3, -0.25) is 0 Å². The molecule has 0 amide bonds. The first-order chi connectivity index (χ1) is 10.0. The molecule has 5 heteroatoms. The van der Waals surface area contributed by atoms with Crippen LogP contribution < -0.4 is 5.32 Å². The highest BCUT2D eigenvalue weighted by Crippen LogP contribution is 2.23. The molecule has 108 valence electrons. The monoisotopic (exact) mass is 300 g/mol. The number of para-hydroxylation sites is 1. The lowest BCUT2D eigenvalue weighted by Gasteiger charge is -2.19. The molecule has 3 rings (SSSR count). The van der Waals surface area contributed by atoms with Gasteiger partial charge in [0.25, 0.3) is 10.0 Å². The van der Waals surface area contributed by atoms with Crippen molar-refractivity contribution in [2.75, 3.05) is 5.32 Å². The smallest absolute Gasteiger partial charge is 0.283 e. The van der Waals surface area contributed by atoms with E-state index in [2.05, 4.69) is 9.71 Å². The standard InChI is InChI=1S/C16H16N2O2S/c1-12-6-9-14(10-7-12)21(19,20)18-16-11-8-13-4-2-3-5-15(13)17-16/h2-7,9-10H,8,11H2,1H3,(H,17,18). The summed E-state index contributed by atoms with van der Waals surface area (Å²) in [5.74, 6) is 0.495. The van der Waals surface area contributed by atoms with E-state index in [-0.39, 0.29) is 4.90 Å². The fourth-order valence-corrected chi connectivity index (χ4v) is 3.32. The summed E-state index contributed by atoms with van der Waals surface area (Å²) in [6.07, 6.45) is 1.40. The summed E-state index contributed by atoms with van der Waals surface area (Å²) >= 11 is 0. The van der Waals surface area contributed by atoms with Crippen LogP contribution >= 0.6 is 0 Å². The molecule has 1 heterocycles. The maximum atomic E-state index is 12.3. The second-order valence-corrected chi connectivity index (χ2v) is 6.71. The zero-order valence-corrected chi connectivity index (χ0v) is 12.5. The van der Waals surface area contributed by atoms with E-state index >= 15 is 0 Å². The highest BCUT2D eigenvalue weighted by atomic mass is 32.2. The predicted molar refractivity (Wildman–Crippen MR) is 84.2 cm³/mol. The van der Waals surface area contributed by atoms with Gasteiger partial charge in [-0.15, -0.1) is 4.40 Å². The van der Waals surface area contributed by atoms with Crippen LogP contribution in [0, 0.1) is 6.92 Å². The Bertz CT molecular complexity index is 793. The normalized spacial score (nSPS) is 16.3. The second-order valence-electron chi connectivity index (χ2n) is 5.11. The summed E-state index contributed by atoms with van der Waals surface area (Å²) in [4.78, 5) is 0.223. The zero-order chi connectivity index (χ0) is 14.9. The first-order valence-corrected chi connectivity index (χ1v) is 8.24. The molecule has 0 aliphatic carbocycles. The first-order valence-electron chi connectivity index (χ1n) is 6.80. The maximum Gasteiger partial charge on any atom is 0.283 e. The summed E-state index contributed by atoms with van der Waals surface area (Å²) in [7, 11) is -3.65. The van der Waals surface area contributed by atoms with Gasteiger partial charge in [0.2, 0.25) is 0 Å². The van der Waals surface area contributed by atoms with Gasteiger partial charge < -0.3 is 5.32 Å². The lowest BCUT2D eigenvalue weighted by Crippen LogP contribution is -2.21. The Balaban J connectivity index is 1.90. The van der Waals surface area contributed by atoms with Crippen molar-refractivity contribution in [2.24, 2.45) is 4.40 Å². The van der Waals surface area contributed by atoms with Crippen molar-refractivity contribution < 1.29 is 8.42 Å². The number of anilines is 1. The molecule has 0 spiro atoms. The van der Waals surface area contributed by atoms with Crippen LogP contribution in [0.3, 0.4) is 0 Å². The third kappa shape index (κ3) is 2.97. The number of fused-ring (bicyclic) bond motifs is 1. The number of amidine groups is 1. The van der Waals surface area contributed by atoms with Gasteiger partial charge in [-0.2, -0.15) is 8.42 Å². The molecule has 0 atom stereocenters. The fourth-order valence-electron chi connectivity index (χ4n) is 2.31. The Morgan fingerprint density at radius 2 is 1.71 bits per heavy atom. The largest absolute Gasteiger partial charge is 0.343 e. The maximum absolute atomic E-state index is 12.3. The van der Waals surface area contributed by atoms with E-state index < -0.39 is 10.0 Å². The Morgan fingerprint density at radius 3 is 2.48 bits per heavy atom. The third-order valence-electron chi connectivity index (χ3n) is 3.48. The molecular weight excluding hydrogens is 284 g/mol. The molecular formula is C16H16N2O2S. The van der Waals surface area contributed by atoms with Crippen molar-refractivity contribution in [3.05, 3.63) is 59.7 Å². The minimum absolute atomic E-state index is 0.223. The Kier molecular flexibility index (Phi) is 3.51. The van der Waals surface area contributed by atoms with Gasteiger partial charge in [-0.05, 0) is 37.1 Å². The molecule has 1 aliphatic rings. The fraction of sp³-hybridized carbons (Fsp3) is 0.188. The van der Waals surface area contributed by atoms with Crippen molar-refractivity contribution in [1.29, 1.82) is 0 Å². The number of hydrogen-bond donors (Lipinski definition) is 1. The van der Waals surface area contributed by atoms with Crippen LogP contribution in [0.1, 0.15) is 17.5 Å². The van der Waals surface area contributed by atoms with E-state index in [9.17, 15) is 8.42 Å². The Morgan fingerprint density at radius 1 is 1.00 bits per heavy atom. The van der Waals surface area contributed by atoms with E-state index in [1.807, 2.05) is 31.2 Å². The highest BCUT2D eigenvalue weighted by molar-refractivity contribution is 7.90. The lowest BCUT2D eigenvalue weighted by atomic mass is 10.0. The average molecular weight is 300 g/mol. The molecule has 0 radical (unpaired) electrons. The number of nitrogens with zero attached hydrogens (tertiary/aromatic N) is 1. The van der Waals surface area contributed by atoms with Gasteiger partial charge in [-0.1, -0.05) is 35.9 Å². The molecule has 0 saturated carbocycles. The molecule has 4 nitrogen and oxygen atoms in total. The average Bonchev–Trinajstić information content (AvgIpc) is 2.47. The first kappa shape index (κ1) is 13.8. The number of benzene rings is 2. The Labute approximate surface area is 124 Å². The van der Waals surface area contributed by atoms with Gasteiger partial charge in [0.15, 0.2) is 0 Å². The molecule has 21 heavy (non-hydrogen) atoms. The molecule has 1 aliphatic heterocycles. The highest BCUT2D eigenvalue weighted by Gasteiger charge is 2.18. The second kappa shape index (κ2) is 5.33. The minimum Gasteiger partial charge on any atom is -0.343 e. The number of nitrogens with one attached hydrogen (secondary N) is 1. The summed E-state index contributed by atoms with van der Waals surface area (Å²) in [5.41, 5.74) is 3.14. The molecule has 2 aromatic carbocycles. The summed E-state index contributed by atoms with van der Waals surface area (Å²) < 4.78 is 28.5. The quantitative estimate of drug-likeness (QED) is 0.927. The topological polar surface area (TPSA) is 58.5 Å². The number of hydrogen-bond acceptors (Lipinski definition) is 2. The van der Waals surface area contributed by atoms with Gasteiger partial charge in [0.05, 0.1) is 4.90 Å². The summed E-state index contributed by atoms with van der Waals surface area (Å²) in [6.45, 7) is 1.92. The molecule has 0 saturated heterocycles. The van der Waals surface area contributed by atoms with Gasteiger partial charge in [-0.25, -0.2) is 0 Å². The third-order valence-corrected chi connectivity index (χ3v) is 4.81. The van der Waals surface area contributed by atoms with Crippen LogP contribution in [0.25, 0.3) is 0 Å². The van der Waals surface area contributed by atoms with Crippen LogP contribution in [0.4, 0.5) is 5.69 Å². The van der Waals surface area contributed by atoms with E-state index in [0.29, 0.717) is 12.3 Å². The summed E-state index contributed by atoms with van der Waals surface area (Å²) in [5, 5.41) is 3.11. The number of rotatable bonds is 2. The van der Waals surface area contributed by atoms with Crippen molar-refractivity contribution >= 4 is 21.5 Å². The zero-order valence-electron chi connectivity index (χ0n) is 11.7. The predicted octanol–water partition coefficient (Wildman–Crippen LogP) is 3.14. The van der Waals surface area contributed by atoms with E-state index in [4.69, 9.17) is 0 Å². The van der Waals surface area contributed by atoms with E-state index in [0.717, 1.165) is 17.7 Å². The number of aryl methyl sites for hydroxylation is 2. The van der Waals surface area contributed by atoms with Crippen molar-refractivity contribution in [1.82, 2.24) is 0 Å². The van der Waals surface area contributed by atoms with Crippen molar-refractivity contribution in [3.63, 3.8) is 0 Å². The van der Waals surface area contributed by atoms with Crippen molar-refractivity contribution in [2.45, 2.75) is 24.7 Å².